The Morgan fingerprint density at radius 1 is 1.52 bits per heavy atom. The number of benzene rings is 1. The number of methoxy groups -OCH3 is 1. The molecule has 1 unspecified atom stereocenters. The number of oxime groups is 1. The van der Waals surface area contributed by atoms with Gasteiger partial charge in [0.1, 0.15) is 5.75 Å². The van der Waals surface area contributed by atoms with Crippen molar-refractivity contribution in [1.82, 2.24) is 4.90 Å². The van der Waals surface area contributed by atoms with Crippen molar-refractivity contribution in [2.24, 2.45) is 10.9 Å². The van der Waals surface area contributed by atoms with Crippen LogP contribution in [0.2, 0.25) is 0 Å². The van der Waals surface area contributed by atoms with E-state index in [4.69, 9.17) is 15.7 Å². The minimum absolute atomic E-state index is 0.109. The van der Waals surface area contributed by atoms with E-state index < -0.39 is 0 Å². The van der Waals surface area contributed by atoms with Gasteiger partial charge in [-0.15, -0.1) is 0 Å². The molecule has 0 heterocycles. The molecule has 0 aliphatic heterocycles. The highest BCUT2D eigenvalue weighted by Gasteiger charge is 2.15. The molecule has 0 aliphatic carbocycles. The molecule has 0 aromatic heterocycles. The molecule has 0 saturated heterocycles. The van der Waals surface area contributed by atoms with Gasteiger partial charge in [-0.25, -0.2) is 0 Å². The molecule has 1 atom stereocenters. The quantitative estimate of drug-likeness (QED) is 0.334. The highest BCUT2D eigenvalue weighted by Crippen LogP contribution is 2.23. The smallest absolute Gasteiger partial charge is 0.170 e. The maximum Gasteiger partial charge on any atom is 0.170 e. The minimum Gasteiger partial charge on any atom is -0.496 e. The fourth-order valence-electron chi connectivity index (χ4n) is 2.27. The van der Waals surface area contributed by atoms with Crippen molar-refractivity contribution in [3.63, 3.8) is 0 Å². The van der Waals surface area contributed by atoms with Crippen LogP contribution in [0, 0.1) is 0 Å². The maximum atomic E-state index is 8.80. The van der Waals surface area contributed by atoms with Gasteiger partial charge in [-0.2, -0.15) is 11.8 Å². The molecule has 0 spiro atoms. The van der Waals surface area contributed by atoms with Crippen molar-refractivity contribution in [2.45, 2.75) is 25.9 Å². The van der Waals surface area contributed by atoms with Gasteiger partial charge in [0.05, 0.1) is 7.11 Å². The van der Waals surface area contributed by atoms with Gasteiger partial charge in [-0.3, -0.25) is 4.90 Å². The van der Waals surface area contributed by atoms with E-state index in [1.807, 2.05) is 23.9 Å². The third-order valence-electron chi connectivity index (χ3n) is 3.56. The predicted octanol–water partition coefficient (Wildman–Crippen LogP) is 2.36. The lowest BCUT2D eigenvalue weighted by Crippen LogP contribution is -2.32. The van der Waals surface area contributed by atoms with Crippen LogP contribution < -0.4 is 10.5 Å². The van der Waals surface area contributed by atoms with E-state index in [-0.39, 0.29) is 5.84 Å². The van der Waals surface area contributed by atoms with Crippen molar-refractivity contribution in [2.75, 3.05) is 26.2 Å². The van der Waals surface area contributed by atoms with E-state index >= 15 is 0 Å². The van der Waals surface area contributed by atoms with Gasteiger partial charge in [-0.05, 0) is 37.9 Å². The normalized spacial score (nSPS) is 13.5. The first-order valence-electron chi connectivity index (χ1n) is 6.91. The minimum atomic E-state index is 0.109. The van der Waals surface area contributed by atoms with E-state index in [9.17, 15) is 0 Å². The summed E-state index contributed by atoms with van der Waals surface area (Å²) in [5.74, 6) is 2.02. The Hall–Kier alpha value is -1.40. The second kappa shape index (κ2) is 8.79. The van der Waals surface area contributed by atoms with Crippen molar-refractivity contribution in [3.05, 3.63) is 29.3 Å². The van der Waals surface area contributed by atoms with Crippen LogP contribution >= 0.6 is 11.8 Å². The van der Waals surface area contributed by atoms with E-state index in [0.29, 0.717) is 11.6 Å². The first-order chi connectivity index (χ1) is 10.1. The summed E-state index contributed by atoms with van der Waals surface area (Å²) in [6, 6.07) is 6.07. The molecule has 0 bridgehead atoms. The summed E-state index contributed by atoms with van der Waals surface area (Å²) in [6.45, 7) is 2.95. The molecular formula is C15H25N3O2S. The van der Waals surface area contributed by atoms with Crippen LogP contribution in [0.5, 0.6) is 5.75 Å². The standard InChI is InChI=1S/C15H25N3O2S/c1-5-13(10-21-4)18(2)9-12-8-11(15(16)17-19)6-7-14(12)20-3/h6-8,13,19H,5,9-10H2,1-4H3,(H2,16,17). The monoisotopic (exact) mass is 311 g/mol. The Morgan fingerprint density at radius 3 is 2.76 bits per heavy atom. The second-order valence-corrected chi connectivity index (χ2v) is 5.86. The van der Waals surface area contributed by atoms with E-state index in [1.165, 1.54) is 0 Å². The summed E-state index contributed by atoms with van der Waals surface area (Å²) in [7, 11) is 3.77. The van der Waals surface area contributed by atoms with Crippen LogP contribution in [-0.4, -0.2) is 48.2 Å². The third kappa shape index (κ3) is 4.82. The number of nitrogens with zero attached hydrogens (tertiary/aromatic N) is 2. The van der Waals surface area contributed by atoms with Gasteiger partial charge in [0.25, 0.3) is 0 Å². The number of thioether (sulfide) groups is 1. The molecule has 6 heteroatoms. The zero-order chi connectivity index (χ0) is 15.8. The average molecular weight is 311 g/mol. The van der Waals surface area contributed by atoms with Gasteiger partial charge >= 0.3 is 0 Å². The Labute approximate surface area is 131 Å². The Morgan fingerprint density at radius 2 is 2.24 bits per heavy atom. The average Bonchev–Trinajstić information content (AvgIpc) is 2.51. The highest BCUT2D eigenvalue weighted by molar-refractivity contribution is 7.98. The number of ether oxygens (including phenoxy) is 1. The van der Waals surface area contributed by atoms with Gasteiger partial charge in [0.15, 0.2) is 5.84 Å². The number of nitrogens with two attached hydrogens (primary N) is 1. The topological polar surface area (TPSA) is 71.1 Å². The van der Waals surface area contributed by atoms with E-state index in [2.05, 4.69) is 30.3 Å². The molecule has 5 nitrogen and oxygen atoms in total. The molecule has 0 radical (unpaired) electrons. The van der Waals surface area contributed by atoms with Crippen LogP contribution in [0.25, 0.3) is 0 Å². The van der Waals surface area contributed by atoms with Gasteiger partial charge in [0.2, 0.25) is 0 Å². The molecule has 118 valence electrons. The fraction of sp³-hybridized carbons (Fsp3) is 0.533. The lowest BCUT2D eigenvalue weighted by atomic mass is 10.1. The first-order valence-corrected chi connectivity index (χ1v) is 8.30. The lowest BCUT2D eigenvalue weighted by Gasteiger charge is -2.27. The number of amidine groups is 1. The summed E-state index contributed by atoms with van der Waals surface area (Å²) in [6.07, 6.45) is 3.22. The van der Waals surface area contributed by atoms with Crippen molar-refractivity contribution < 1.29 is 9.94 Å². The highest BCUT2D eigenvalue weighted by atomic mass is 32.2. The van der Waals surface area contributed by atoms with Crippen LogP contribution in [0.3, 0.4) is 0 Å². The van der Waals surface area contributed by atoms with Crippen molar-refractivity contribution >= 4 is 17.6 Å². The molecule has 0 amide bonds. The van der Waals surface area contributed by atoms with E-state index in [0.717, 1.165) is 30.0 Å². The zero-order valence-electron chi connectivity index (χ0n) is 13.2. The number of hydrogen-bond acceptors (Lipinski definition) is 5. The van der Waals surface area contributed by atoms with Crippen molar-refractivity contribution in [1.29, 1.82) is 0 Å². The van der Waals surface area contributed by atoms with Gasteiger partial charge in [0, 0.05) is 29.5 Å². The van der Waals surface area contributed by atoms with Crippen LogP contribution in [-0.2, 0) is 6.54 Å². The van der Waals surface area contributed by atoms with Crippen LogP contribution in [0.1, 0.15) is 24.5 Å². The SMILES string of the molecule is CCC(CSC)N(C)Cc1cc(/C(N)=N/O)ccc1OC. The summed E-state index contributed by atoms with van der Waals surface area (Å²) < 4.78 is 5.41. The summed E-state index contributed by atoms with van der Waals surface area (Å²) in [4.78, 5) is 2.31. The molecule has 21 heavy (non-hydrogen) atoms. The predicted molar refractivity (Wildman–Crippen MR) is 89.4 cm³/mol. The summed E-state index contributed by atoms with van der Waals surface area (Å²) in [5, 5.41) is 11.9. The third-order valence-corrected chi connectivity index (χ3v) is 4.28. The molecule has 0 saturated carbocycles. The summed E-state index contributed by atoms with van der Waals surface area (Å²) >= 11 is 1.85. The molecule has 3 N–H and O–H groups in total. The van der Waals surface area contributed by atoms with Crippen LogP contribution in [0.15, 0.2) is 23.4 Å². The largest absolute Gasteiger partial charge is 0.496 e. The molecule has 1 aromatic rings. The van der Waals surface area contributed by atoms with Crippen LogP contribution in [0.4, 0.5) is 0 Å². The lowest BCUT2D eigenvalue weighted by molar-refractivity contribution is 0.244. The molecule has 0 aliphatic rings. The maximum absolute atomic E-state index is 8.80. The molecule has 0 fully saturated rings. The van der Waals surface area contributed by atoms with Crippen molar-refractivity contribution in [3.8, 4) is 5.75 Å². The molecule has 1 rings (SSSR count). The van der Waals surface area contributed by atoms with E-state index in [1.54, 1.807) is 13.2 Å². The summed E-state index contributed by atoms with van der Waals surface area (Å²) in [5.41, 5.74) is 7.39. The fourth-order valence-corrected chi connectivity index (χ4v) is 3.14. The number of rotatable bonds is 8. The first kappa shape index (κ1) is 17.7. The van der Waals surface area contributed by atoms with Gasteiger partial charge < -0.3 is 15.7 Å². The Bertz CT molecular complexity index is 480. The Kier molecular flexibility index (Phi) is 7.39. The zero-order valence-corrected chi connectivity index (χ0v) is 14.0. The molecular weight excluding hydrogens is 286 g/mol. The second-order valence-electron chi connectivity index (χ2n) is 4.94. The Balaban J connectivity index is 2.99. The molecule has 1 aromatic carbocycles. The van der Waals surface area contributed by atoms with Gasteiger partial charge in [-0.1, -0.05) is 12.1 Å². The number of hydrogen-bond donors (Lipinski definition) is 2.